The van der Waals surface area contributed by atoms with Crippen molar-refractivity contribution in [2.24, 2.45) is 0 Å². The van der Waals surface area contributed by atoms with Crippen LogP contribution in [0.2, 0.25) is 0 Å². The maximum absolute atomic E-state index is 12.8. The van der Waals surface area contributed by atoms with E-state index in [1.807, 2.05) is 54.6 Å². The first-order chi connectivity index (χ1) is 19.0. The number of ether oxygens (including phenoxy) is 1. The standard InChI is InChI=1S/C34H26O4S/c35-34(30-20-19-29-23-27-14-6-7-15-28(27)24-31(29)25-30)38-21-10-4-2-1-3-5-11-22-39(36,37)33-18-12-16-26-13-8-9-17-32(26)33/h6-9,12-20,23-25H,1-3,21-22H2. The molecule has 0 aliphatic carbocycles. The number of hydrogen-bond acceptors (Lipinski definition) is 4. The fourth-order valence-electron chi connectivity index (χ4n) is 4.44. The average molecular weight is 531 g/mol. The van der Waals surface area contributed by atoms with E-state index in [9.17, 15) is 13.2 Å². The molecule has 0 N–H and O–H groups in total. The van der Waals surface area contributed by atoms with Gasteiger partial charge in [0.2, 0.25) is 0 Å². The van der Waals surface area contributed by atoms with Crippen molar-refractivity contribution in [1.29, 1.82) is 0 Å². The van der Waals surface area contributed by atoms with E-state index in [1.54, 1.807) is 18.2 Å². The number of sulfone groups is 1. The first kappa shape index (κ1) is 26.0. The third kappa shape index (κ3) is 6.29. The Morgan fingerprint density at radius 1 is 0.641 bits per heavy atom. The van der Waals surface area contributed by atoms with Gasteiger partial charge in [0, 0.05) is 18.2 Å². The number of esters is 1. The maximum Gasteiger partial charge on any atom is 0.339 e. The minimum atomic E-state index is -3.49. The molecule has 5 aromatic carbocycles. The molecular formula is C34H26O4S. The topological polar surface area (TPSA) is 60.4 Å². The normalized spacial score (nSPS) is 11.0. The van der Waals surface area contributed by atoms with Gasteiger partial charge in [0.15, 0.2) is 16.4 Å². The molecule has 0 unspecified atom stereocenters. The van der Waals surface area contributed by atoms with Gasteiger partial charge in [0.05, 0.1) is 10.5 Å². The molecule has 0 spiro atoms. The van der Waals surface area contributed by atoms with Crippen LogP contribution < -0.4 is 0 Å². The Kier molecular flexibility index (Phi) is 7.92. The Morgan fingerprint density at radius 2 is 1.28 bits per heavy atom. The van der Waals surface area contributed by atoms with Crippen LogP contribution in [0.5, 0.6) is 0 Å². The Bertz CT molecular complexity index is 1910. The summed E-state index contributed by atoms with van der Waals surface area (Å²) in [5.41, 5.74) is 0.494. The molecule has 0 saturated carbocycles. The molecule has 0 heterocycles. The van der Waals surface area contributed by atoms with Crippen LogP contribution in [0.4, 0.5) is 0 Å². The summed E-state index contributed by atoms with van der Waals surface area (Å²) in [6.45, 7) is 0.0174. The van der Waals surface area contributed by atoms with E-state index in [0.29, 0.717) is 35.1 Å². The molecule has 0 bridgehead atoms. The molecule has 0 aliphatic heterocycles. The summed E-state index contributed by atoms with van der Waals surface area (Å²) < 4.78 is 30.8. The number of carbonyl (C=O) groups excluding carboxylic acids is 1. The molecular weight excluding hydrogens is 504 g/mol. The van der Waals surface area contributed by atoms with Gasteiger partial charge in [-0.05, 0) is 63.7 Å². The zero-order valence-corrected chi connectivity index (χ0v) is 22.1. The van der Waals surface area contributed by atoms with Gasteiger partial charge in [0.1, 0.15) is 5.75 Å². The number of rotatable bonds is 6. The van der Waals surface area contributed by atoms with Crippen LogP contribution in [0.15, 0.2) is 102 Å². The minimum absolute atomic E-state index is 0.0174. The molecule has 0 aliphatic rings. The summed E-state index contributed by atoms with van der Waals surface area (Å²) in [4.78, 5) is 12.8. The second-order valence-electron chi connectivity index (χ2n) is 9.13. The van der Waals surface area contributed by atoms with Crippen molar-refractivity contribution >= 4 is 48.1 Å². The molecule has 0 aromatic heterocycles. The lowest BCUT2D eigenvalue weighted by Gasteiger charge is -2.05. The summed E-state index contributed by atoms with van der Waals surface area (Å²) in [5.74, 6) is 11.0. The van der Waals surface area contributed by atoms with E-state index in [4.69, 9.17) is 4.74 Å². The molecule has 5 heteroatoms. The maximum atomic E-state index is 12.8. The molecule has 0 amide bonds. The Morgan fingerprint density at radius 3 is 2.08 bits per heavy atom. The molecule has 192 valence electrons. The van der Waals surface area contributed by atoms with E-state index in [2.05, 4.69) is 47.9 Å². The van der Waals surface area contributed by atoms with Crippen molar-refractivity contribution in [2.75, 3.05) is 12.4 Å². The Balaban J connectivity index is 1.07. The van der Waals surface area contributed by atoms with E-state index >= 15 is 0 Å². The van der Waals surface area contributed by atoms with Crippen molar-refractivity contribution in [2.45, 2.75) is 24.2 Å². The predicted molar refractivity (Wildman–Crippen MR) is 157 cm³/mol. The van der Waals surface area contributed by atoms with Crippen molar-refractivity contribution in [3.8, 4) is 23.7 Å². The summed E-state index contributed by atoms with van der Waals surface area (Å²) in [5, 5.41) is 5.94. The molecule has 5 rings (SSSR count). The van der Waals surface area contributed by atoms with E-state index in [-0.39, 0.29) is 12.4 Å². The van der Waals surface area contributed by atoms with Gasteiger partial charge in [-0.2, -0.15) is 0 Å². The Labute approximate surface area is 228 Å². The van der Waals surface area contributed by atoms with Crippen molar-refractivity contribution in [1.82, 2.24) is 0 Å². The van der Waals surface area contributed by atoms with Gasteiger partial charge in [-0.3, -0.25) is 0 Å². The van der Waals surface area contributed by atoms with Gasteiger partial charge in [-0.25, -0.2) is 13.2 Å². The zero-order valence-electron chi connectivity index (χ0n) is 21.3. The van der Waals surface area contributed by atoms with Gasteiger partial charge < -0.3 is 4.74 Å². The monoisotopic (exact) mass is 530 g/mol. The van der Waals surface area contributed by atoms with Crippen LogP contribution in [0.1, 0.15) is 29.6 Å². The lowest BCUT2D eigenvalue weighted by atomic mass is 10.0. The van der Waals surface area contributed by atoms with Gasteiger partial charge in [-0.1, -0.05) is 84.5 Å². The fourth-order valence-corrected chi connectivity index (χ4v) is 5.69. The van der Waals surface area contributed by atoms with Crippen LogP contribution in [0, 0.1) is 23.7 Å². The predicted octanol–water partition coefficient (Wildman–Crippen LogP) is 6.95. The minimum Gasteiger partial charge on any atom is -0.449 e. The zero-order chi connectivity index (χ0) is 27.1. The number of hydrogen-bond donors (Lipinski definition) is 0. The van der Waals surface area contributed by atoms with Gasteiger partial charge in [0.25, 0.3) is 0 Å². The second-order valence-corrected chi connectivity index (χ2v) is 11.1. The molecule has 39 heavy (non-hydrogen) atoms. The summed E-state index contributed by atoms with van der Waals surface area (Å²) in [6.07, 6.45) is 1.84. The number of unbranched alkanes of at least 4 members (excludes halogenated alkanes) is 2. The first-order valence-corrected chi connectivity index (χ1v) is 14.4. The van der Waals surface area contributed by atoms with E-state index in [0.717, 1.165) is 26.9 Å². The molecule has 0 radical (unpaired) electrons. The van der Waals surface area contributed by atoms with Crippen LogP contribution in [-0.2, 0) is 14.6 Å². The summed E-state index contributed by atoms with van der Waals surface area (Å²) >= 11 is 0. The molecule has 4 nitrogen and oxygen atoms in total. The highest BCUT2D eigenvalue weighted by molar-refractivity contribution is 7.91. The van der Waals surface area contributed by atoms with E-state index < -0.39 is 15.8 Å². The number of fused-ring (bicyclic) bond motifs is 3. The molecule has 0 atom stereocenters. The third-order valence-corrected chi connectivity index (χ3v) is 7.97. The van der Waals surface area contributed by atoms with Gasteiger partial charge >= 0.3 is 5.97 Å². The lowest BCUT2D eigenvalue weighted by Crippen LogP contribution is -2.05. The quantitative estimate of drug-likeness (QED) is 0.103. The average Bonchev–Trinajstić information content (AvgIpc) is 2.96. The highest BCUT2D eigenvalue weighted by Crippen LogP contribution is 2.25. The highest BCUT2D eigenvalue weighted by Gasteiger charge is 2.15. The third-order valence-electron chi connectivity index (χ3n) is 6.42. The Hall–Kier alpha value is -4.58. The fraction of sp³-hybridized carbons (Fsp3) is 0.147. The smallest absolute Gasteiger partial charge is 0.339 e. The van der Waals surface area contributed by atoms with Crippen LogP contribution >= 0.6 is 0 Å². The SMILES string of the molecule is O=C(OCC#CCCCC#CCS(=O)(=O)c1cccc2ccccc12)c1ccc2cc3ccccc3cc2c1. The van der Waals surface area contributed by atoms with Gasteiger partial charge in [-0.15, -0.1) is 5.92 Å². The van der Waals surface area contributed by atoms with Crippen LogP contribution in [-0.4, -0.2) is 26.7 Å². The summed E-state index contributed by atoms with van der Waals surface area (Å²) in [7, 11) is -3.49. The van der Waals surface area contributed by atoms with Crippen molar-refractivity contribution in [3.63, 3.8) is 0 Å². The number of benzene rings is 5. The summed E-state index contributed by atoms with van der Waals surface area (Å²) in [6, 6.07) is 30.6. The van der Waals surface area contributed by atoms with Crippen molar-refractivity contribution in [3.05, 3.63) is 103 Å². The number of carbonyl (C=O) groups is 1. The molecule has 5 aromatic rings. The van der Waals surface area contributed by atoms with Crippen molar-refractivity contribution < 1.29 is 17.9 Å². The van der Waals surface area contributed by atoms with Crippen LogP contribution in [0.25, 0.3) is 32.3 Å². The largest absolute Gasteiger partial charge is 0.449 e. The lowest BCUT2D eigenvalue weighted by molar-refractivity contribution is 0.0556. The van der Waals surface area contributed by atoms with E-state index in [1.165, 1.54) is 0 Å². The first-order valence-electron chi connectivity index (χ1n) is 12.7. The molecule has 0 fully saturated rings. The van der Waals surface area contributed by atoms with Crippen LogP contribution in [0.3, 0.4) is 0 Å². The highest BCUT2D eigenvalue weighted by atomic mass is 32.2. The molecule has 0 saturated heterocycles. The second kappa shape index (κ2) is 11.9.